The Hall–Kier alpha value is -4.08. The molecule has 0 saturated carbocycles. The van der Waals surface area contributed by atoms with Gasteiger partial charge in [-0.25, -0.2) is 0 Å². The van der Waals surface area contributed by atoms with Crippen LogP contribution in [0.15, 0.2) is 66.7 Å². The van der Waals surface area contributed by atoms with Gasteiger partial charge in [0.1, 0.15) is 0 Å². The van der Waals surface area contributed by atoms with Gasteiger partial charge in [0.15, 0.2) is 17.7 Å². The van der Waals surface area contributed by atoms with Crippen LogP contribution in [0.1, 0.15) is 79.0 Å². The Balaban J connectivity index is 1.38. The molecule has 45 heavy (non-hydrogen) atoms. The van der Waals surface area contributed by atoms with Crippen molar-refractivity contribution >= 4 is 17.5 Å². The maximum Gasteiger partial charge on any atom is 0.257 e. The molecule has 0 aliphatic carbocycles. The summed E-state index contributed by atoms with van der Waals surface area (Å²) < 4.78 is 11.0. The summed E-state index contributed by atoms with van der Waals surface area (Å²) in [6, 6.07) is 21.7. The number of ether oxygens (including phenoxy) is 2. The Kier molecular flexibility index (Phi) is 10.3. The van der Waals surface area contributed by atoms with E-state index in [9.17, 15) is 14.7 Å². The molecule has 1 unspecified atom stereocenters. The minimum absolute atomic E-state index is 0.00902. The van der Waals surface area contributed by atoms with Crippen molar-refractivity contribution in [3.8, 4) is 11.5 Å². The lowest BCUT2D eigenvalue weighted by Crippen LogP contribution is -2.47. The van der Waals surface area contributed by atoms with Crippen LogP contribution in [-0.4, -0.2) is 73.7 Å². The quantitative estimate of drug-likeness (QED) is 0.267. The predicted octanol–water partition coefficient (Wildman–Crippen LogP) is 5.33. The number of aliphatic hydroxyl groups is 1. The van der Waals surface area contributed by atoms with Gasteiger partial charge in [0.2, 0.25) is 5.91 Å². The molecule has 1 fully saturated rings. The molecule has 3 aromatic rings. The third-order valence-corrected chi connectivity index (χ3v) is 9.16. The summed E-state index contributed by atoms with van der Waals surface area (Å²) >= 11 is 0. The predicted molar refractivity (Wildman–Crippen MR) is 176 cm³/mol. The number of methoxy groups -OCH3 is 2. The summed E-state index contributed by atoms with van der Waals surface area (Å²) in [6.07, 6.45) is 0.0442. The SMILES string of the molecule is COc1ccc([C@@H](CCCNC(=O)C(C)C)N2C(=O)c3cccc(N4CCN([C@H](C)c5ccccc5)CC4)c3C2O)cc1OC. The topological polar surface area (TPSA) is 94.6 Å². The standard InChI is InChI=1S/C36H46N4O5/c1-24(2)34(41)37-18-10-15-29(27-16-17-31(44-4)32(23-27)45-5)40-35(42)28-13-9-14-30(33(28)36(40)43)39-21-19-38(20-22-39)25(3)26-11-7-6-8-12-26/h6-9,11-14,16-17,23-25,29,36,43H,10,15,18-22H2,1-5H3,(H,37,41)/t25-,29-,36?/m1/s1. The van der Waals surface area contributed by atoms with Crippen molar-refractivity contribution < 1.29 is 24.2 Å². The van der Waals surface area contributed by atoms with E-state index in [1.165, 1.54) is 5.56 Å². The van der Waals surface area contributed by atoms with Gasteiger partial charge in [-0.1, -0.05) is 56.3 Å². The Morgan fingerprint density at radius 1 is 0.911 bits per heavy atom. The zero-order valence-electron chi connectivity index (χ0n) is 27.0. The lowest BCUT2D eigenvalue weighted by atomic mass is 9.99. The molecule has 9 nitrogen and oxygen atoms in total. The second-order valence-electron chi connectivity index (χ2n) is 12.2. The number of carbonyl (C=O) groups excluding carboxylic acids is 2. The van der Waals surface area contributed by atoms with Crippen molar-refractivity contribution in [1.29, 1.82) is 0 Å². The lowest BCUT2D eigenvalue weighted by Gasteiger charge is -2.40. The van der Waals surface area contributed by atoms with E-state index >= 15 is 0 Å². The van der Waals surface area contributed by atoms with E-state index < -0.39 is 12.3 Å². The first-order valence-electron chi connectivity index (χ1n) is 15.9. The Labute approximate surface area is 266 Å². The van der Waals surface area contributed by atoms with Gasteiger partial charge < -0.3 is 29.7 Å². The molecule has 240 valence electrons. The summed E-state index contributed by atoms with van der Waals surface area (Å²) in [4.78, 5) is 32.6. The molecule has 0 aromatic heterocycles. The molecule has 2 amide bonds. The number of anilines is 1. The van der Waals surface area contributed by atoms with E-state index in [0.29, 0.717) is 48.1 Å². The van der Waals surface area contributed by atoms with E-state index in [4.69, 9.17) is 9.47 Å². The second kappa shape index (κ2) is 14.3. The molecule has 9 heteroatoms. The fourth-order valence-electron chi connectivity index (χ4n) is 6.52. The van der Waals surface area contributed by atoms with Crippen molar-refractivity contribution in [2.24, 2.45) is 5.92 Å². The number of benzene rings is 3. The summed E-state index contributed by atoms with van der Waals surface area (Å²) in [7, 11) is 3.16. The first kappa shape index (κ1) is 32.3. The van der Waals surface area contributed by atoms with Gasteiger partial charge in [0.25, 0.3) is 5.91 Å². The number of nitrogens with zero attached hydrogens (tertiary/aromatic N) is 3. The number of carbonyl (C=O) groups is 2. The number of hydrogen-bond donors (Lipinski definition) is 2. The van der Waals surface area contributed by atoms with Crippen LogP contribution >= 0.6 is 0 Å². The van der Waals surface area contributed by atoms with Crippen LogP contribution in [0.2, 0.25) is 0 Å². The maximum absolute atomic E-state index is 14.1. The van der Waals surface area contributed by atoms with Crippen LogP contribution in [0.3, 0.4) is 0 Å². The van der Waals surface area contributed by atoms with Crippen molar-refractivity contribution in [2.45, 2.75) is 51.9 Å². The number of aliphatic hydroxyl groups excluding tert-OH is 1. The Morgan fingerprint density at radius 3 is 2.29 bits per heavy atom. The van der Waals surface area contributed by atoms with Gasteiger partial charge in [0.05, 0.1) is 20.3 Å². The van der Waals surface area contributed by atoms with E-state index in [1.54, 1.807) is 19.1 Å². The highest BCUT2D eigenvalue weighted by Gasteiger charge is 2.43. The molecule has 0 radical (unpaired) electrons. The largest absolute Gasteiger partial charge is 0.493 e. The molecular formula is C36H46N4O5. The van der Waals surface area contributed by atoms with Crippen LogP contribution in [0, 0.1) is 5.92 Å². The fraction of sp³-hybridized carbons (Fsp3) is 0.444. The maximum atomic E-state index is 14.1. The third kappa shape index (κ3) is 6.79. The zero-order valence-corrected chi connectivity index (χ0v) is 27.0. The van der Waals surface area contributed by atoms with Gasteiger partial charge >= 0.3 is 0 Å². The van der Waals surface area contributed by atoms with Crippen LogP contribution in [0.25, 0.3) is 0 Å². The molecule has 2 N–H and O–H groups in total. The molecule has 3 atom stereocenters. The minimum atomic E-state index is -1.12. The highest BCUT2D eigenvalue weighted by atomic mass is 16.5. The molecule has 5 rings (SSSR count). The fourth-order valence-corrected chi connectivity index (χ4v) is 6.52. The Morgan fingerprint density at radius 2 is 1.62 bits per heavy atom. The number of fused-ring (bicyclic) bond motifs is 1. The monoisotopic (exact) mass is 614 g/mol. The van der Waals surface area contributed by atoms with Gasteiger partial charge in [0, 0.05) is 61.5 Å². The number of hydrogen-bond acceptors (Lipinski definition) is 7. The first-order valence-corrected chi connectivity index (χ1v) is 15.9. The molecule has 0 bridgehead atoms. The molecule has 2 aliphatic heterocycles. The molecular weight excluding hydrogens is 568 g/mol. The average Bonchev–Trinajstić information content (AvgIpc) is 3.33. The zero-order chi connectivity index (χ0) is 32.1. The number of nitrogens with one attached hydrogen (secondary N) is 1. The van der Waals surface area contributed by atoms with E-state index in [1.807, 2.05) is 56.3 Å². The summed E-state index contributed by atoms with van der Waals surface area (Å²) in [6.45, 7) is 9.79. The van der Waals surface area contributed by atoms with Gasteiger partial charge in [-0.05, 0) is 55.2 Å². The van der Waals surface area contributed by atoms with Crippen molar-refractivity contribution in [3.63, 3.8) is 0 Å². The van der Waals surface area contributed by atoms with Crippen molar-refractivity contribution in [1.82, 2.24) is 15.1 Å². The average molecular weight is 615 g/mol. The van der Waals surface area contributed by atoms with Crippen LogP contribution in [0.4, 0.5) is 5.69 Å². The van der Waals surface area contributed by atoms with Crippen molar-refractivity contribution in [2.75, 3.05) is 51.8 Å². The first-order chi connectivity index (χ1) is 21.7. The van der Waals surface area contributed by atoms with E-state index in [0.717, 1.165) is 37.4 Å². The van der Waals surface area contributed by atoms with Crippen molar-refractivity contribution in [3.05, 3.63) is 89.0 Å². The van der Waals surface area contributed by atoms with Crippen LogP contribution in [0.5, 0.6) is 11.5 Å². The van der Waals surface area contributed by atoms with Gasteiger partial charge in [-0.2, -0.15) is 0 Å². The highest BCUT2D eigenvalue weighted by Crippen LogP contribution is 2.45. The molecule has 1 saturated heterocycles. The molecule has 0 spiro atoms. The molecule has 2 aliphatic rings. The number of piperazine rings is 1. The van der Waals surface area contributed by atoms with Crippen LogP contribution < -0.4 is 19.7 Å². The normalized spacial score (nSPS) is 18.1. The highest BCUT2D eigenvalue weighted by molar-refractivity contribution is 6.01. The summed E-state index contributed by atoms with van der Waals surface area (Å²) in [5, 5.41) is 14.9. The van der Waals surface area contributed by atoms with Gasteiger partial charge in [-0.3, -0.25) is 14.5 Å². The molecule has 2 heterocycles. The minimum Gasteiger partial charge on any atom is -0.493 e. The smallest absolute Gasteiger partial charge is 0.257 e. The Bertz CT molecular complexity index is 1470. The third-order valence-electron chi connectivity index (χ3n) is 9.16. The van der Waals surface area contributed by atoms with E-state index in [2.05, 4.69) is 46.3 Å². The number of rotatable bonds is 12. The number of amides is 2. The van der Waals surface area contributed by atoms with Crippen LogP contribution in [-0.2, 0) is 4.79 Å². The second-order valence-corrected chi connectivity index (χ2v) is 12.2. The summed E-state index contributed by atoms with van der Waals surface area (Å²) in [5.74, 6) is 0.816. The van der Waals surface area contributed by atoms with E-state index in [-0.39, 0.29) is 17.7 Å². The van der Waals surface area contributed by atoms with Gasteiger partial charge in [-0.15, -0.1) is 0 Å². The lowest BCUT2D eigenvalue weighted by molar-refractivity contribution is -0.124. The summed E-state index contributed by atoms with van der Waals surface area (Å²) in [5.41, 5.74) is 4.21. The molecule has 3 aromatic carbocycles.